The Hall–Kier alpha value is -3.42. The second-order valence-electron chi connectivity index (χ2n) is 8.35. The van der Waals surface area contributed by atoms with Gasteiger partial charge in [0.15, 0.2) is 0 Å². The van der Waals surface area contributed by atoms with Gasteiger partial charge >= 0.3 is 0 Å². The van der Waals surface area contributed by atoms with Crippen molar-refractivity contribution in [3.8, 4) is 5.75 Å². The summed E-state index contributed by atoms with van der Waals surface area (Å²) in [5, 5.41) is 0.877. The van der Waals surface area contributed by atoms with E-state index in [9.17, 15) is 13.2 Å². The number of nitrogens with zero attached hydrogens (tertiary/aromatic N) is 1. The standard InChI is InChI=1S/C27H28N2O4S/c1-19-9-10-22-17-23(27(30)28-26(22)20(19)2)18-29(16-15-21-7-5-4-6-8-21)34(31,32)25-13-11-24(33-3)12-14-25/h4-14,17H,15-16,18H2,1-3H3,(H,28,30). The van der Waals surface area contributed by atoms with Gasteiger partial charge in [-0.3, -0.25) is 4.79 Å². The maximum atomic E-state index is 13.6. The minimum atomic E-state index is -3.85. The van der Waals surface area contributed by atoms with E-state index in [2.05, 4.69) is 4.98 Å². The number of aromatic amines is 1. The molecule has 0 saturated carbocycles. The quantitative estimate of drug-likeness (QED) is 0.404. The van der Waals surface area contributed by atoms with Crippen molar-refractivity contribution in [3.05, 3.63) is 105 Å². The lowest BCUT2D eigenvalue weighted by molar-refractivity contribution is 0.406. The third kappa shape index (κ3) is 4.90. The maximum absolute atomic E-state index is 13.6. The summed E-state index contributed by atoms with van der Waals surface area (Å²) < 4.78 is 33.7. The van der Waals surface area contributed by atoms with E-state index in [1.54, 1.807) is 18.2 Å². The van der Waals surface area contributed by atoms with Crippen molar-refractivity contribution in [2.24, 2.45) is 0 Å². The molecule has 0 bridgehead atoms. The second-order valence-corrected chi connectivity index (χ2v) is 10.3. The van der Waals surface area contributed by atoms with Gasteiger partial charge in [0.05, 0.1) is 17.5 Å². The number of methoxy groups -OCH3 is 1. The molecule has 0 unspecified atom stereocenters. The van der Waals surface area contributed by atoms with Crippen molar-refractivity contribution in [1.82, 2.24) is 9.29 Å². The minimum absolute atomic E-state index is 0.0284. The summed E-state index contributed by atoms with van der Waals surface area (Å²) in [6.45, 7) is 4.17. The van der Waals surface area contributed by atoms with Crippen LogP contribution in [0.3, 0.4) is 0 Å². The van der Waals surface area contributed by atoms with Crippen LogP contribution in [0.15, 0.2) is 82.5 Å². The highest BCUT2D eigenvalue weighted by Crippen LogP contribution is 2.23. The molecule has 0 aliphatic heterocycles. The summed E-state index contributed by atoms with van der Waals surface area (Å²) in [6.07, 6.45) is 0.528. The highest BCUT2D eigenvalue weighted by Gasteiger charge is 2.26. The molecule has 4 aromatic rings. The third-order valence-electron chi connectivity index (χ3n) is 6.16. The smallest absolute Gasteiger partial charge is 0.252 e. The molecule has 1 aromatic heterocycles. The first-order valence-electron chi connectivity index (χ1n) is 11.1. The van der Waals surface area contributed by atoms with Crippen LogP contribution in [0.25, 0.3) is 10.9 Å². The van der Waals surface area contributed by atoms with Gasteiger partial charge in [-0.25, -0.2) is 8.42 Å². The summed E-state index contributed by atoms with van der Waals surface area (Å²) in [7, 11) is -2.32. The van der Waals surface area contributed by atoms with Crippen molar-refractivity contribution in [3.63, 3.8) is 0 Å². The van der Waals surface area contributed by atoms with Crippen LogP contribution in [0.1, 0.15) is 22.3 Å². The SMILES string of the molecule is COc1ccc(S(=O)(=O)N(CCc2ccccc2)Cc2cc3ccc(C)c(C)c3[nH]c2=O)cc1. The predicted molar refractivity (Wildman–Crippen MR) is 135 cm³/mol. The average molecular weight is 477 g/mol. The Labute approximate surface area is 199 Å². The molecule has 4 rings (SSSR count). The van der Waals surface area contributed by atoms with Crippen LogP contribution in [0.4, 0.5) is 0 Å². The number of H-pyrrole nitrogens is 1. The van der Waals surface area contributed by atoms with E-state index in [1.165, 1.54) is 23.5 Å². The van der Waals surface area contributed by atoms with Gasteiger partial charge in [-0.15, -0.1) is 0 Å². The number of aromatic nitrogens is 1. The summed E-state index contributed by atoms with van der Waals surface area (Å²) in [5.41, 5.74) is 4.02. The lowest BCUT2D eigenvalue weighted by atomic mass is 10.0. The lowest BCUT2D eigenvalue weighted by Crippen LogP contribution is -2.34. The first kappa shape index (κ1) is 23.7. The molecule has 1 heterocycles. The van der Waals surface area contributed by atoms with Crippen molar-refractivity contribution in [2.45, 2.75) is 31.7 Å². The van der Waals surface area contributed by atoms with Crippen LogP contribution in [0.2, 0.25) is 0 Å². The highest BCUT2D eigenvalue weighted by molar-refractivity contribution is 7.89. The zero-order valence-corrected chi connectivity index (χ0v) is 20.4. The second kappa shape index (κ2) is 9.83. The Morgan fingerprint density at radius 1 is 0.941 bits per heavy atom. The van der Waals surface area contributed by atoms with Crippen LogP contribution in [0, 0.1) is 13.8 Å². The normalized spacial score (nSPS) is 11.8. The molecule has 0 spiro atoms. The molecule has 0 aliphatic rings. The first-order chi connectivity index (χ1) is 16.3. The molecular formula is C27H28N2O4S. The number of aryl methyl sites for hydroxylation is 2. The van der Waals surface area contributed by atoms with E-state index in [0.717, 1.165) is 27.6 Å². The van der Waals surface area contributed by atoms with Crippen LogP contribution in [-0.4, -0.2) is 31.4 Å². The van der Waals surface area contributed by atoms with Crippen molar-refractivity contribution >= 4 is 20.9 Å². The molecule has 0 atom stereocenters. The Morgan fingerprint density at radius 2 is 1.65 bits per heavy atom. The van der Waals surface area contributed by atoms with Gasteiger partial charge in [-0.1, -0.05) is 42.5 Å². The molecule has 176 valence electrons. The van der Waals surface area contributed by atoms with Crippen LogP contribution in [-0.2, 0) is 23.0 Å². The molecule has 1 N–H and O–H groups in total. The number of rotatable bonds is 8. The number of sulfonamides is 1. The number of nitrogens with one attached hydrogen (secondary N) is 1. The molecule has 0 saturated heterocycles. The molecule has 0 fully saturated rings. The predicted octanol–water partition coefficient (Wildman–Crippen LogP) is 4.59. The molecule has 3 aromatic carbocycles. The third-order valence-corrected chi connectivity index (χ3v) is 8.02. The number of fused-ring (bicyclic) bond motifs is 1. The summed E-state index contributed by atoms with van der Waals surface area (Å²) in [5.74, 6) is 0.575. The number of hydrogen-bond acceptors (Lipinski definition) is 4. The fourth-order valence-corrected chi connectivity index (χ4v) is 5.38. The van der Waals surface area contributed by atoms with E-state index in [0.29, 0.717) is 17.7 Å². The molecular weight excluding hydrogens is 448 g/mol. The van der Waals surface area contributed by atoms with Gasteiger partial charge in [0.2, 0.25) is 10.0 Å². The van der Waals surface area contributed by atoms with Crippen LogP contribution in [0.5, 0.6) is 5.75 Å². The minimum Gasteiger partial charge on any atom is -0.497 e. The topological polar surface area (TPSA) is 79.5 Å². The van der Waals surface area contributed by atoms with Gasteiger partial charge in [0.25, 0.3) is 5.56 Å². The molecule has 6 nitrogen and oxygen atoms in total. The van der Waals surface area contributed by atoms with Crippen LogP contribution < -0.4 is 10.3 Å². The van der Waals surface area contributed by atoms with E-state index in [4.69, 9.17) is 4.74 Å². The fourth-order valence-electron chi connectivity index (χ4n) is 3.96. The summed E-state index contributed by atoms with van der Waals surface area (Å²) in [6, 6.07) is 21.7. The average Bonchev–Trinajstić information content (AvgIpc) is 2.85. The summed E-state index contributed by atoms with van der Waals surface area (Å²) >= 11 is 0. The van der Waals surface area contributed by atoms with Crippen molar-refractivity contribution < 1.29 is 13.2 Å². The first-order valence-corrected chi connectivity index (χ1v) is 12.5. The van der Waals surface area contributed by atoms with E-state index in [1.807, 2.05) is 56.3 Å². The molecule has 7 heteroatoms. The van der Waals surface area contributed by atoms with E-state index < -0.39 is 10.0 Å². The van der Waals surface area contributed by atoms with Crippen molar-refractivity contribution in [1.29, 1.82) is 0 Å². The molecule has 0 amide bonds. The number of pyridine rings is 1. The van der Waals surface area contributed by atoms with Crippen LogP contribution >= 0.6 is 0 Å². The van der Waals surface area contributed by atoms with Gasteiger partial charge in [-0.05, 0) is 72.7 Å². The number of benzene rings is 3. The monoisotopic (exact) mass is 476 g/mol. The zero-order chi connectivity index (χ0) is 24.3. The molecule has 0 radical (unpaired) electrons. The molecule has 34 heavy (non-hydrogen) atoms. The van der Waals surface area contributed by atoms with Gasteiger partial charge in [0, 0.05) is 18.7 Å². The summed E-state index contributed by atoms with van der Waals surface area (Å²) in [4.78, 5) is 16.1. The Balaban J connectivity index is 1.72. The van der Waals surface area contributed by atoms with Crippen molar-refractivity contribution in [2.75, 3.05) is 13.7 Å². The van der Waals surface area contributed by atoms with Gasteiger partial charge < -0.3 is 9.72 Å². The highest BCUT2D eigenvalue weighted by atomic mass is 32.2. The molecule has 0 aliphatic carbocycles. The number of hydrogen-bond donors (Lipinski definition) is 1. The number of ether oxygens (including phenoxy) is 1. The van der Waals surface area contributed by atoms with Gasteiger partial charge in [0.1, 0.15) is 5.75 Å². The largest absolute Gasteiger partial charge is 0.497 e. The fraction of sp³-hybridized carbons (Fsp3) is 0.222. The Morgan fingerprint density at radius 3 is 2.32 bits per heavy atom. The Kier molecular flexibility index (Phi) is 6.86. The van der Waals surface area contributed by atoms with E-state index in [-0.39, 0.29) is 23.5 Å². The van der Waals surface area contributed by atoms with E-state index >= 15 is 0 Å². The lowest BCUT2D eigenvalue weighted by Gasteiger charge is -2.22. The van der Waals surface area contributed by atoms with Gasteiger partial charge in [-0.2, -0.15) is 4.31 Å². The zero-order valence-electron chi connectivity index (χ0n) is 19.5. The maximum Gasteiger partial charge on any atom is 0.252 e. The Bertz CT molecular complexity index is 1460.